The number of benzene rings is 1. The summed E-state index contributed by atoms with van der Waals surface area (Å²) in [5.41, 5.74) is 1.73. The molecule has 136 valence electrons. The van der Waals surface area contributed by atoms with Crippen LogP contribution in [0.4, 0.5) is 4.79 Å². The zero-order chi connectivity index (χ0) is 18.6. The van der Waals surface area contributed by atoms with Gasteiger partial charge in [-0.2, -0.15) is 5.10 Å². The second-order valence-corrected chi connectivity index (χ2v) is 7.08. The maximum absolute atomic E-state index is 12.4. The van der Waals surface area contributed by atoms with E-state index < -0.39 is 5.60 Å². The summed E-state index contributed by atoms with van der Waals surface area (Å²) in [4.78, 5) is 12.4. The Morgan fingerprint density at radius 1 is 1.36 bits per heavy atom. The fourth-order valence-electron chi connectivity index (χ4n) is 2.79. The Morgan fingerprint density at radius 3 is 2.60 bits per heavy atom. The number of nitrogens with zero attached hydrogens (tertiary/aromatic N) is 2. The highest BCUT2D eigenvalue weighted by Crippen LogP contribution is 2.24. The van der Waals surface area contributed by atoms with Crippen molar-refractivity contribution < 1.29 is 9.90 Å². The van der Waals surface area contributed by atoms with Crippen LogP contribution in [0.5, 0.6) is 0 Å². The van der Waals surface area contributed by atoms with E-state index in [9.17, 15) is 9.90 Å². The number of carbonyl (C=O) groups is 1. The van der Waals surface area contributed by atoms with Crippen LogP contribution in [0.25, 0.3) is 0 Å². The van der Waals surface area contributed by atoms with E-state index in [1.807, 2.05) is 31.2 Å². The summed E-state index contributed by atoms with van der Waals surface area (Å²) in [5, 5.41) is 20.4. The second-order valence-electron chi connectivity index (χ2n) is 7.08. The maximum atomic E-state index is 12.4. The van der Waals surface area contributed by atoms with Gasteiger partial charge >= 0.3 is 6.03 Å². The van der Waals surface area contributed by atoms with Crippen LogP contribution in [0, 0.1) is 12.8 Å². The lowest BCUT2D eigenvalue weighted by Gasteiger charge is -2.27. The van der Waals surface area contributed by atoms with Gasteiger partial charge in [-0.1, -0.05) is 38.1 Å². The molecule has 1 heterocycles. The van der Waals surface area contributed by atoms with Gasteiger partial charge in [-0.25, -0.2) is 4.79 Å². The lowest BCUT2D eigenvalue weighted by Crippen LogP contribution is -2.45. The molecule has 1 aromatic heterocycles. The van der Waals surface area contributed by atoms with Gasteiger partial charge in [0.1, 0.15) is 5.60 Å². The third kappa shape index (κ3) is 4.82. The quantitative estimate of drug-likeness (QED) is 0.754. The van der Waals surface area contributed by atoms with Crippen molar-refractivity contribution in [2.45, 2.75) is 39.3 Å². The molecule has 1 aromatic carbocycles. The lowest BCUT2D eigenvalue weighted by atomic mass is 9.93. The topological polar surface area (TPSA) is 79.2 Å². The predicted octanol–water partition coefficient (Wildman–Crippen LogP) is 2.63. The zero-order valence-corrected chi connectivity index (χ0v) is 15.6. The molecule has 0 saturated carbocycles. The number of rotatable bonds is 6. The first-order valence-corrected chi connectivity index (χ1v) is 8.52. The zero-order valence-electron chi connectivity index (χ0n) is 15.6. The maximum Gasteiger partial charge on any atom is 0.315 e. The SMILES string of the molecule is Cc1ccccc1C(NC(=O)NCC(C)(O)c1cnn(C)c1)C(C)C. The van der Waals surface area contributed by atoms with Gasteiger partial charge in [0.15, 0.2) is 0 Å². The summed E-state index contributed by atoms with van der Waals surface area (Å²) in [6.45, 7) is 7.94. The standard InChI is InChI=1S/C19H28N4O2/c1-13(2)17(16-9-7-6-8-14(16)3)22-18(24)20-12-19(4,25)15-10-21-23(5)11-15/h6-11,13,17,25H,12H2,1-5H3,(H2,20,22,24). The number of aryl methyl sites for hydroxylation is 2. The molecule has 6 nitrogen and oxygen atoms in total. The molecule has 0 spiro atoms. The van der Waals surface area contributed by atoms with Crippen LogP contribution in [-0.4, -0.2) is 27.5 Å². The van der Waals surface area contributed by atoms with Crippen molar-refractivity contribution in [3.05, 3.63) is 53.3 Å². The molecular weight excluding hydrogens is 316 g/mol. The Balaban J connectivity index is 2.01. The number of hydrogen-bond donors (Lipinski definition) is 3. The molecule has 0 bridgehead atoms. The van der Waals surface area contributed by atoms with Crippen molar-refractivity contribution in [3.8, 4) is 0 Å². The van der Waals surface area contributed by atoms with Crippen molar-refractivity contribution in [1.29, 1.82) is 0 Å². The Labute approximate surface area is 149 Å². The van der Waals surface area contributed by atoms with E-state index in [2.05, 4.69) is 29.6 Å². The highest BCUT2D eigenvalue weighted by atomic mass is 16.3. The molecule has 2 rings (SSSR count). The van der Waals surface area contributed by atoms with E-state index in [0.717, 1.165) is 11.1 Å². The molecule has 6 heteroatoms. The molecular formula is C19H28N4O2. The minimum Gasteiger partial charge on any atom is -0.383 e. The van der Waals surface area contributed by atoms with E-state index in [1.165, 1.54) is 0 Å². The Morgan fingerprint density at radius 2 is 2.04 bits per heavy atom. The molecule has 2 amide bonds. The van der Waals surface area contributed by atoms with Gasteiger partial charge in [0.05, 0.1) is 18.8 Å². The molecule has 2 unspecified atom stereocenters. The first kappa shape index (κ1) is 19.0. The van der Waals surface area contributed by atoms with Crippen molar-refractivity contribution in [2.75, 3.05) is 6.54 Å². The third-order valence-electron chi connectivity index (χ3n) is 4.40. The van der Waals surface area contributed by atoms with Crippen LogP contribution in [0.3, 0.4) is 0 Å². The minimum absolute atomic E-state index is 0.0930. The summed E-state index contributed by atoms with van der Waals surface area (Å²) in [6, 6.07) is 7.64. The monoisotopic (exact) mass is 344 g/mol. The Bertz CT molecular complexity index is 722. The minimum atomic E-state index is -1.18. The first-order chi connectivity index (χ1) is 11.7. The van der Waals surface area contributed by atoms with E-state index in [1.54, 1.807) is 31.0 Å². The number of nitrogens with one attached hydrogen (secondary N) is 2. The highest BCUT2D eigenvalue weighted by Gasteiger charge is 2.26. The van der Waals surface area contributed by atoms with Gasteiger partial charge in [-0.3, -0.25) is 4.68 Å². The van der Waals surface area contributed by atoms with Gasteiger partial charge in [0.25, 0.3) is 0 Å². The molecule has 2 atom stereocenters. The summed E-state index contributed by atoms with van der Waals surface area (Å²) in [6.07, 6.45) is 3.34. The fourth-order valence-corrected chi connectivity index (χ4v) is 2.79. The van der Waals surface area contributed by atoms with Crippen molar-refractivity contribution in [1.82, 2.24) is 20.4 Å². The second kappa shape index (κ2) is 7.70. The largest absolute Gasteiger partial charge is 0.383 e. The molecule has 0 saturated heterocycles. The fraction of sp³-hybridized carbons (Fsp3) is 0.474. The molecule has 3 N–H and O–H groups in total. The normalized spacial score (nSPS) is 14.8. The van der Waals surface area contributed by atoms with E-state index in [0.29, 0.717) is 5.56 Å². The average molecular weight is 344 g/mol. The predicted molar refractivity (Wildman–Crippen MR) is 98.1 cm³/mol. The highest BCUT2D eigenvalue weighted by molar-refractivity contribution is 5.74. The van der Waals surface area contributed by atoms with Crippen LogP contribution in [0.15, 0.2) is 36.7 Å². The average Bonchev–Trinajstić information content (AvgIpc) is 2.99. The van der Waals surface area contributed by atoms with E-state index >= 15 is 0 Å². The van der Waals surface area contributed by atoms with Crippen molar-refractivity contribution in [2.24, 2.45) is 13.0 Å². The number of amides is 2. The molecule has 2 aromatic rings. The Hall–Kier alpha value is -2.34. The third-order valence-corrected chi connectivity index (χ3v) is 4.40. The van der Waals surface area contributed by atoms with Crippen LogP contribution in [0.2, 0.25) is 0 Å². The first-order valence-electron chi connectivity index (χ1n) is 8.52. The van der Waals surface area contributed by atoms with Crippen LogP contribution < -0.4 is 10.6 Å². The molecule has 25 heavy (non-hydrogen) atoms. The number of aromatic nitrogens is 2. The van der Waals surface area contributed by atoms with E-state index in [-0.39, 0.29) is 24.5 Å². The van der Waals surface area contributed by atoms with Crippen molar-refractivity contribution in [3.63, 3.8) is 0 Å². The van der Waals surface area contributed by atoms with Crippen LogP contribution >= 0.6 is 0 Å². The van der Waals surface area contributed by atoms with Crippen LogP contribution in [-0.2, 0) is 12.6 Å². The van der Waals surface area contributed by atoms with Crippen molar-refractivity contribution >= 4 is 6.03 Å². The number of carbonyl (C=O) groups excluding carboxylic acids is 1. The summed E-state index contributed by atoms with van der Waals surface area (Å²) in [7, 11) is 1.79. The molecule has 0 radical (unpaired) electrons. The van der Waals surface area contributed by atoms with Gasteiger partial charge in [0, 0.05) is 18.8 Å². The van der Waals surface area contributed by atoms with Gasteiger partial charge in [-0.15, -0.1) is 0 Å². The molecule has 0 aliphatic carbocycles. The van der Waals surface area contributed by atoms with Crippen LogP contribution in [0.1, 0.15) is 43.5 Å². The molecule has 0 aliphatic rings. The van der Waals surface area contributed by atoms with E-state index in [4.69, 9.17) is 0 Å². The number of hydrogen-bond acceptors (Lipinski definition) is 3. The summed E-state index contributed by atoms with van der Waals surface area (Å²) < 4.78 is 1.62. The van der Waals surface area contributed by atoms with Gasteiger partial charge in [-0.05, 0) is 30.9 Å². The lowest BCUT2D eigenvalue weighted by molar-refractivity contribution is 0.0591. The number of urea groups is 1. The smallest absolute Gasteiger partial charge is 0.315 e. The summed E-state index contributed by atoms with van der Waals surface area (Å²) in [5.74, 6) is 0.241. The van der Waals surface area contributed by atoms with Gasteiger partial charge in [0.2, 0.25) is 0 Å². The molecule has 0 fully saturated rings. The number of aliphatic hydroxyl groups is 1. The summed E-state index contributed by atoms with van der Waals surface area (Å²) >= 11 is 0. The van der Waals surface area contributed by atoms with Gasteiger partial charge < -0.3 is 15.7 Å². The molecule has 0 aliphatic heterocycles. The Kier molecular flexibility index (Phi) is 5.85.